The highest BCUT2D eigenvalue weighted by molar-refractivity contribution is 6.31. The number of imidazole rings is 1. The minimum absolute atomic E-state index is 0.776. The van der Waals surface area contributed by atoms with Gasteiger partial charge in [-0.25, -0.2) is 4.98 Å². The highest BCUT2D eigenvalue weighted by Crippen LogP contribution is 2.27. The molecule has 1 aromatic carbocycles. The molecule has 4 aromatic rings. The Hall–Kier alpha value is -2.57. The lowest BCUT2D eigenvalue weighted by Gasteiger charge is -2.25. The molecule has 132 valence electrons. The van der Waals surface area contributed by atoms with Crippen LogP contribution in [0, 0.1) is 6.92 Å². The van der Waals surface area contributed by atoms with Crippen molar-refractivity contribution >= 4 is 22.5 Å². The van der Waals surface area contributed by atoms with Crippen molar-refractivity contribution in [3.8, 4) is 11.4 Å². The molecule has 3 aromatic heterocycles. The molecule has 7 heteroatoms. The summed E-state index contributed by atoms with van der Waals surface area (Å²) in [5.74, 6) is 0.891. The molecule has 3 N–H and O–H groups in total. The minimum atomic E-state index is 0.776. The van der Waals surface area contributed by atoms with E-state index >= 15 is 0 Å². The van der Waals surface area contributed by atoms with Crippen molar-refractivity contribution in [3.63, 3.8) is 0 Å². The average molecular weight is 367 g/mol. The van der Waals surface area contributed by atoms with E-state index in [2.05, 4.69) is 38.1 Å². The van der Waals surface area contributed by atoms with Gasteiger partial charge in [-0.3, -0.25) is 10.00 Å². The molecule has 0 spiro atoms. The zero-order valence-electron chi connectivity index (χ0n) is 14.4. The van der Waals surface area contributed by atoms with Gasteiger partial charge in [-0.15, -0.1) is 0 Å². The predicted octanol–water partition coefficient (Wildman–Crippen LogP) is 3.80. The fourth-order valence-electron chi connectivity index (χ4n) is 3.74. The summed E-state index contributed by atoms with van der Waals surface area (Å²) in [5.41, 5.74) is 7.02. The van der Waals surface area contributed by atoms with Gasteiger partial charge in [-0.2, -0.15) is 5.10 Å². The van der Waals surface area contributed by atoms with Gasteiger partial charge >= 0.3 is 0 Å². The molecular weight excluding hydrogens is 348 g/mol. The fraction of sp³-hybridized carbons (Fsp3) is 0.263. The third kappa shape index (κ3) is 2.62. The SMILES string of the molecule is Cc1c(CN2CCc3nc(-c4cn[nH]c4)[nH]c3C2)[nH]c2ccc(Cl)cc12. The number of hydrogen-bond acceptors (Lipinski definition) is 3. The lowest BCUT2D eigenvalue weighted by molar-refractivity contribution is 0.239. The van der Waals surface area contributed by atoms with Gasteiger partial charge in [-0.1, -0.05) is 11.6 Å². The summed E-state index contributed by atoms with van der Waals surface area (Å²) in [7, 11) is 0. The summed E-state index contributed by atoms with van der Waals surface area (Å²) in [4.78, 5) is 14.2. The Labute approximate surface area is 155 Å². The average Bonchev–Trinajstić information content (AvgIpc) is 3.35. The molecule has 6 nitrogen and oxygen atoms in total. The zero-order chi connectivity index (χ0) is 17.7. The van der Waals surface area contributed by atoms with Crippen LogP contribution in [0.25, 0.3) is 22.3 Å². The number of rotatable bonds is 3. The number of nitrogens with one attached hydrogen (secondary N) is 3. The summed E-state index contributed by atoms with van der Waals surface area (Å²) in [6.45, 7) is 4.92. The van der Waals surface area contributed by atoms with E-state index < -0.39 is 0 Å². The van der Waals surface area contributed by atoms with Gasteiger partial charge < -0.3 is 9.97 Å². The quantitative estimate of drug-likeness (QED) is 0.516. The molecule has 4 heterocycles. The molecule has 5 rings (SSSR count). The van der Waals surface area contributed by atoms with Crippen molar-refractivity contribution in [2.75, 3.05) is 6.54 Å². The number of H-pyrrole nitrogens is 3. The topological polar surface area (TPSA) is 76.4 Å². The Kier molecular flexibility index (Phi) is 3.62. The van der Waals surface area contributed by atoms with Gasteiger partial charge in [0.1, 0.15) is 5.82 Å². The first-order valence-corrected chi connectivity index (χ1v) is 9.11. The third-order valence-electron chi connectivity index (χ3n) is 5.19. The Morgan fingerprint density at radius 3 is 3.04 bits per heavy atom. The van der Waals surface area contributed by atoms with Crippen molar-refractivity contribution in [1.29, 1.82) is 0 Å². The Morgan fingerprint density at radius 1 is 1.27 bits per heavy atom. The smallest absolute Gasteiger partial charge is 0.141 e. The lowest BCUT2D eigenvalue weighted by atomic mass is 10.1. The third-order valence-corrected chi connectivity index (χ3v) is 5.42. The first-order valence-electron chi connectivity index (χ1n) is 8.73. The van der Waals surface area contributed by atoms with Crippen LogP contribution in [0.5, 0.6) is 0 Å². The molecule has 0 unspecified atom stereocenters. The number of hydrogen-bond donors (Lipinski definition) is 3. The molecule has 1 aliphatic heterocycles. The normalized spacial score (nSPS) is 14.8. The second kappa shape index (κ2) is 6.00. The monoisotopic (exact) mass is 366 g/mol. The van der Waals surface area contributed by atoms with E-state index in [0.717, 1.165) is 53.7 Å². The molecule has 0 fully saturated rings. The lowest BCUT2D eigenvalue weighted by Crippen LogP contribution is -2.30. The standard InChI is InChI=1S/C19H19ClN6/c1-11-14-6-13(20)2-3-15(14)23-17(11)9-26-5-4-16-18(10-26)25-19(24-16)12-7-21-22-8-12/h2-3,6-8,23H,4-5,9-10H2,1H3,(H,21,22)(H,24,25). The molecular formula is C19H19ClN6. The summed E-state index contributed by atoms with van der Waals surface area (Å²) in [6.07, 6.45) is 4.61. The van der Waals surface area contributed by atoms with E-state index in [0.29, 0.717) is 0 Å². The van der Waals surface area contributed by atoms with Crippen LogP contribution < -0.4 is 0 Å². The van der Waals surface area contributed by atoms with Gasteiger partial charge in [0.2, 0.25) is 0 Å². The number of halogens is 1. The second-order valence-corrected chi connectivity index (χ2v) is 7.31. The Balaban J connectivity index is 1.39. The molecule has 0 amide bonds. The highest BCUT2D eigenvalue weighted by Gasteiger charge is 2.22. The van der Waals surface area contributed by atoms with Crippen molar-refractivity contribution in [2.45, 2.75) is 26.4 Å². The number of aryl methyl sites for hydroxylation is 1. The molecule has 0 saturated carbocycles. The van der Waals surface area contributed by atoms with Gasteiger partial charge in [0.05, 0.1) is 23.1 Å². The van der Waals surface area contributed by atoms with Gasteiger partial charge in [0.25, 0.3) is 0 Å². The van der Waals surface area contributed by atoms with Crippen LogP contribution in [0.2, 0.25) is 5.02 Å². The molecule has 0 aliphatic carbocycles. The van der Waals surface area contributed by atoms with E-state index in [1.165, 1.54) is 22.3 Å². The van der Waals surface area contributed by atoms with Crippen LogP contribution in [0.15, 0.2) is 30.6 Å². The first kappa shape index (κ1) is 15.7. The number of benzene rings is 1. The van der Waals surface area contributed by atoms with Crippen molar-refractivity contribution in [2.24, 2.45) is 0 Å². The fourth-order valence-corrected chi connectivity index (χ4v) is 3.91. The molecule has 0 radical (unpaired) electrons. The van der Waals surface area contributed by atoms with Crippen molar-refractivity contribution in [1.82, 2.24) is 30.0 Å². The number of aromatic nitrogens is 5. The summed E-state index contributed by atoms with van der Waals surface area (Å²) in [5, 5.41) is 8.82. The van der Waals surface area contributed by atoms with Gasteiger partial charge in [-0.05, 0) is 30.7 Å². The van der Waals surface area contributed by atoms with Gasteiger partial charge in [0, 0.05) is 53.9 Å². The summed E-state index contributed by atoms with van der Waals surface area (Å²) >= 11 is 6.15. The molecule has 0 atom stereocenters. The molecule has 0 saturated heterocycles. The van der Waals surface area contributed by atoms with Crippen molar-refractivity contribution in [3.05, 3.63) is 58.3 Å². The van der Waals surface area contributed by atoms with Crippen LogP contribution >= 0.6 is 11.6 Å². The number of nitrogens with zero attached hydrogens (tertiary/aromatic N) is 3. The summed E-state index contributed by atoms with van der Waals surface area (Å²) < 4.78 is 0. The largest absolute Gasteiger partial charge is 0.357 e. The summed E-state index contributed by atoms with van der Waals surface area (Å²) in [6, 6.07) is 6.01. The zero-order valence-corrected chi connectivity index (χ0v) is 15.2. The predicted molar refractivity (Wildman–Crippen MR) is 102 cm³/mol. The van der Waals surface area contributed by atoms with E-state index in [-0.39, 0.29) is 0 Å². The first-order chi connectivity index (χ1) is 12.7. The maximum atomic E-state index is 6.15. The van der Waals surface area contributed by atoms with Crippen LogP contribution in [0.4, 0.5) is 0 Å². The highest BCUT2D eigenvalue weighted by atomic mass is 35.5. The van der Waals surface area contributed by atoms with E-state index in [1.54, 1.807) is 6.20 Å². The van der Waals surface area contributed by atoms with E-state index in [9.17, 15) is 0 Å². The van der Waals surface area contributed by atoms with Crippen LogP contribution in [0.1, 0.15) is 22.6 Å². The molecule has 0 bridgehead atoms. The maximum Gasteiger partial charge on any atom is 0.141 e. The van der Waals surface area contributed by atoms with Crippen LogP contribution in [-0.4, -0.2) is 36.6 Å². The number of fused-ring (bicyclic) bond motifs is 2. The van der Waals surface area contributed by atoms with Crippen LogP contribution in [-0.2, 0) is 19.5 Å². The Morgan fingerprint density at radius 2 is 2.19 bits per heavy atom. The Bertz CT molecular complexity index is 1080. The molecule has 1 aliphatic rings. The van der Waals surface area contributed by atoms with Crippen molar-refractivity contribution < 1.29 is 0 Å². The maximum absolute atomic E-state index is 6.15. The van der Waals surface area contributed by atoms with Gasteiger partial charge in [0.15, 0.2) is 0 Å². The van der Waals surface area contributed by atoms with E-state index in [4.69, 9.17) is 16.6 Å². The second-order valence-electron chi connectivity index (χ2n) is 6.88. The molecule has 26 heavy (non-hydrogen) atoms. The van der Waals surface area contributed by atoms with E-state index in [1.807, 2.05) is 18.3 Å². The minimum Gasteiger partial charge on any atom is -0.357 e. The van der Waals surface area contributed by atoms with Crippen LogP contribution in [0.3, 0.4) is 0 Å². The number of aromatic amines is 3.